The predicted molar refractivity (Wildman–Crippen MR) is 135 cm³/mol. The number of thiazole rings is 1. The van der Waals surface area contributed by atoms with Gasteiger partial charge in [-0.2, -0.15) is 0 Å². The molecule has 2 aromatic heterocycles. The van der Waals surface area contributed by atoms with Crippen LogP contribution in [0.5, 0.6) is 5.75 Å². The van der Waals surface area contributed by atoms with Crippen molar-refractivity contribution in [2.24, 2.45) is 0 Å². The highest BCUT2D eigenvalue weighted by Gasteiger charge is 2.29. The molecular formula is C27H29N3O4S. The van der Waals surface area contributed by atoms with Gasteiger partial charge in [0.15, 0.2) is 5.60 Å². The minimum atomic E-state index is -1.29. The van der Waals surface area contributed by atoms with Gasteiger partial charge >= 0.3 is 5.97 Å². The fourth-order valence-electron chi connectivity index (χ4n) is 3.66. The van der Waals surface area contributed by atoms with E-state index in [1.165, 1.54) is 13.8 Å². The van der Waals surface area contributed by atoms with Gasteiger partial charge in [0.05, 0.1) is 16.9 Å². The van der Waals surface area contributed by atoms with Gasteiger partial charge in [0, 0.05) is 30.6 Å². The van der Waals surface area contributed by atoms with Crippen molar-refractivity contribution in [3.63, 3.8) is 0 Å². The number of aliphatic carboxylic acids is 1. The summed E-state index contributed by atoms with van der Waals surface area (Å²) < 4.78 is 11.6. The van der Waals surface area contributed by atoms with Gasteiger partial charge in [-0.25, -0.2) is 14.8 Å². The van der Waals surface area contributed by atoms with Crippen LogP contribution in [0.15, 0.2) is 63.8 Å². The van der Waals surface area contributed by atoms with Crippen molar-refractivity contribution < 1.29 is 19.1 Å². The number of carbonyl (C=O) groups is 1. The maximum Gasteiger partial charge on any atom is 0.347 e. The fourth-order valence-corrected chi connectivity index (χ4v) is 4.21. The first-order valence-corrected chi connectivity index (χ1v) is 12.3. The molecule has 0 aliphatic heterocycles. The summed E-state index contributed by atoms with van der Waals surface area (Å²) in [7, 11) is 0. The molecule has 4 aromatic rings. The highest BCUT2D eigenvalue weighted by Crippen LogP contribution is 2.25. The number of rotatable bonds is 10. The van der Waals surface area contributed by atoms with Crippen molar-refractivity contribution in [2.75, 3.05) is 0 Å². The Morgan fingerprint density at radius 3 is 2.54 bits per heavy atom. The molecule has 7 nitrogen and oxygen atoms in total. The van der Waals surface area contributed by atoms with Crippen LogP contribution in [-0.2, 0) is 24.4 Å². The van der Waals surface area contributed by atoms with E-state index in [9.17, 15) is 9.90 Å². The number of aryl methyl sites for hydroxylation is 2. The molecular weight excluding hydrogens is 462 g/mol. The largest absolute Gasteiger partial charge is 0.478 e. The summed E-state index contributed by atoms with van der Waals surface area (Å²) in [5.74, 6) is 0.924. The van der Waals surface area contributed by atoms with E-state index in [1.807, 2.05) is 42.1 Å². The third-order valence-corrected chi connectivity index (χ3v) is 6.25. The Hall–Kier alpha value is -3.49. The molecule has 0 aliphatic carbocycles. The zero-order chi connectivity index (χ0) is 25.0. The molecule has 0 bridgehead atoms. The Morgan fingerprint density at radius 1 is 1.11 bits per heavy atom. The van der Waals surface area contributed by atoms with Gasteiger partial charge in [-0.05, 0) is 57.5 Å². The summed E-state index contributed by atoms with van der Waals surface area (Å²) in [6.45, 7) is 8.98. The lowest BCUT2D eigenvalue weighted by Gasteiger charge is -2.23. The topological polar surface area (TPSA) is 88.7 Å². The summed E-state index contributed by atoms with van der Waals surface area (Å²) >= 11 is 1.57. The van der Waals surface area contributed by atoms with E-state index in [-0.39, 0.29) is 0 Å². The Balaban J connectivity index is 1.52. The number of hydrogen-bond donors (Lipinski definition) is 1. The maximum atomic E-state index is 11.3. The van der Waals surface area contributed by atoms with E-state index in [2.05, 4.69) is 28.9 Å². The van der Waals surface area contributed by atoms with E-state index in [0.717, 1.165) is 33.8 Å². The highest BCUT2D eigenvalue weighted by molar-refractivity contribution is 7.07. The molecule has 0 atom stereocenters. The van der Waals surface area contributed by atoms with Crippen LogP contribution in [0.25, 0.3) is 11.5 Å². The van der Waals surface area contributed by atoms with Crippen LogP contribution < -0.4 is 4.74 Å². The molecule has 182 valence electrons. The highest BCUT2D eigenvalue weighted by atomic mass is 32.1. The minimum Gasteiger partial charge on any atom is -0.478 e. The fraction of sp³-hybridized carbons (Fsp3) is 0.296. The Labute approximate surface area is 209 Å². The number of carboxylic acid groups (broad SMARTS) is 1. The van der Waals surface area contributed by atoms with Crippen LogP contribution >= 0.6 is 11.3 Å². The molecule has 0 radical (unpaired) electrons. The van der Waals surface area contributed by atoms with Gasteiger partial charge in [-0.3, -0.25) is 4.90 Å². The lowest BCUT2D eigenvalue weighted by atomic mass is 10.1. The van der Waals surface area contributed by atoms with Gasteiger partial charge in [-0.1, -0.05) is 29.8 Å². The van der Waals surface area contributed by atoms with Crippen molar-refractivity contribution in [1.29, 1.82) is 0 Å². The molecule has 0 saturated carbocycles. The quantitative estimate of drug-likeness (QED) is 0.297. The zero-order valence-corrected chi connectivity index (χ0v) is 21.1. The van der Waals surface area contributed by atoms with Crippen LogP contribution in [0.3, 0.4) is 0 Å². The van der Waals surface area contributed by atoms with Gasteiger partial charge < -0.3 is 14.3 Å². The average molecular weight is 492 g/mol. The maximum absolute atomic E-state index is 11.3. The smallest absolute Gasteiger partial charge is 0.347 e. The van der Waals surface area contributed by atoms with E-state index < -0.39 is 11.6 Å². The number of nitrogens with zero attached hydrogens (tertiary/aromatic N) is 3. The average Bonchev–Trinajstić information content (AvgIpc) is 3.45. The van der Waals surface area contributed by atoms with Crippen LogP contribution in [0.1, 0.15) is 42.1 Å². The first-order valence-electron chi connectivity index (χ1n) is 11.3. The number of hydrogen-bond acceptors (Lipinski definition) is 7. The van der Waals surface area contributed by atoms with Gasteiger partial charge in [-0.15, -0.1) is 11.3 Å². The van der Waals surface area contributed by atoms with Crippen molar-refractivity contribution in [3.05, 3.63) is 87.7 Å². The number of oxazole rings is 1. The number of aromatic nitrogens is 2. The molecule has 0 spiro atoms. The molecule has 4 rings (SSSR count). The van der Waals surface area contributed by atoms with Crippen molar-refractivity contribution in [3.8, 4) is 17.2 Å². The molecule has 0 saturated heterocycles. The van der Waals surface area contributed by atoms with Gasteiger partial charge in [0.25, 0.3) is 0 Å². The predicted octanol–water partition coefficient (Wildman–Crippen LogP) is 5.86. The van der Waals surface area contributed by atoms with E-state index in [4.69, 9.17) is 14.1 Å². The summed E-state index contributed by atoms with van der Waals surface area (Å²) in [5, 5.41) is 11.3. The van der Waals surface area contributed by atoms with Gasteiger partial charge in [0.1, 0.15) is 11.5 Å². The standard InChI is InChI=1S/C27H29N3O4S/c1-18-6-5-7-21(12-18)25-29-24(19(2)33-25)15-30(14-22-16-35-17-28-22)13-20-8-10-23(11-9-20)34-27(3,4)26(31)32/h5-12,16-17H,13-15H2,1-4H3,(H,31,32). The summed E-state index contributed by atoms with van der Waals surface area (Å²) in [6, 6.07) is 15.6. The van der Waals surface area contributed by atoms with E-state index in [1.54, 1.807) is 23.5 Å². The Kier molecular flexibility index (Phi) is 7.33. The number of ether oxygens (including phenoxy) is 1. The first kappa shape index (κ1) is 24.6. The second-order valence-electron chi connectivity index (χ2n) is 9.08. The molecule has 1 N–H and O–H groups in total. The molecule has 35 heavy (non-hydrogen) atoms. The molecule has 0 amide bonds. The minimum absolute atomic E-state index is 0.516. The molecule has 2 heterocycles. The Morgan fingerprint density at radius 2 is 1.89 bits per heavy atom. The van der Waals surface area contributed by atoms with Crippen molar-refractivity contribution in [1.82, 2.24) is 14.9 Å². The van der Waals surface area contributed by atoms with Crippen molar-refractivity contribution >= 4 is 17.3 Å². The van der Waals surface area contributed by atoms with Crippen LogP contribution in [0.4, 0.5) is 0 Å². The SMILES string of the molecule is Cc1cccc(-c2nc(CN(Cc3ccc(OC(C)(C)C(=O)O)cc3)Cc3cscn3)c(C)o2)c1. The number of benzene rings is 2. The van der Waals surface area contributed by atoms with Crippen molar-refractivity contribution in [2.45, 2.75) is 52.9 Å². The normalized spacial score (nSPS) is 11.7. The molecule has 8 heteroatoms. The van der Waals surface area contributed by atoms with Gasteiger partial charge in [0.2, 0.25) is 5.89 Å². The number of carboxylic acids is 1. The zero-order valence-electron chi connectivity index (χ0n) is 20.3. The van der Waals surface area contributed by atoms with Crippen LogP contribution in [0.2, 0.25) is 0 Å². The van der Waals surface area contributed by atoms with E-state index in [0.29, 0.717) is 31.3 Å². The lowest BCUT2D eigenvalue weighted by Crippen LogP contribution is -2.37. The summed E-state index contributed by atoms with van der Waals surface area (Å²) in [5.41, 5.74) is 5.62. The summed E-state index contributed by atoms with van der Waals surface area (Å²) in [4.78, 5) is 22.9. The molecule has 0 fully saturated rings. The second-order valence-corrected chi connectivity index (χ2v) is 9.80. The van der Waals surface area contributed by atoms with Crippen LogP contribution in [-0.4, -0.2) is 31.5 Å². The molecule has 0 unspecified atom stereocenters. The lowest BCUT2D eigenvalue weighted by molar-refractivity contribution is -0.152. The first-order chi connectivity index (χ1) is 16.7. The van der Waals surface area contributed by atoms with Crippen LogP contribution in [0, 0.1) is 13.8 Å². The monoisotopic (exact) mass is 491 g/mol. The molecule has 2 aromatic carbocycles. The van der Waals surface area contributed by atoms with E-state index >= 15 is 0 Å². The molecule has 0 aliphatic rings. The Bertz CT molecular complexity index is 1280. The second kappa shape index (κ2) is 10.4. The third kappa shape index (κ3) is 6.35. The summed E-state index contributed by atoms with van der Waals surface area (Å²) in [6.07, 6.45) is 0. The third-order valence-electron chi connectivity index (χ3n) is 5.62.